The average molecular weight is 258 g/mol. The van der Waals surface area contributed by atoms with Crippen molar-refractivity contribution in [2.45, 2.75) is 44.8 Å². The van der Waals surface area contributed by atoms with E-state index in [1.807, 2.05) is 12.1 Å². The summed E-state index contributed by atoms with van der Waals surface area (Å²) in [5.41, 5.74) is 8.08. The third-order valence-electron chi connectivity index (χ3n) is 4.24. The van der Waals surface area contributed by atoms with Crippen LogP contribution in [0.3, 0.4) is 0 Å². The fourth-order valence-electron chi connectivity index (χ4n) is 3.13. The summed E-state index contributed by atoms with van der Waals surface area (Å²) in [6, 6.07) is 9.28. The SMILES string of the molecule is CC1CCCC(CN)N1Cc1nc2ccccc2[nH]1. The molecule has 4 nitrogen and oxygen atoms in total. The van der Waals surface area contributed by atoms with Crippen LogP contribution in [0.4, 0.5) is 0 Å². The highest BCUT2D eigenvalue weighted by Gasteiger charge is 2.27. The van der Waals surface area contributed by atoms with Gasteiger partial charge in [0.15, 0.2) is 0 Å². The zero-order valence-corrected chi connectivity index (χ0v) is 11.5. The minimum absolute atomic E-state index is 0.497. The molecule has 0 saturated carbocycles. The van der Waals surface area contributed by atoms with Crippen molar-refractivity contribution in [3.05, 3.63) is 30.1 Å². The van der Waals surface area contributed by atoms with Crippen LogP contribution in [-0.4, -0.2) is 33.5 Å². The molecule has 19 heavy (non-hydrogen) atoms. The van der Waals surface area contributed by atoms with Crippen LogP contribution in [0, 0.1) is 0 Å². The minimum atomic E-state index is 0.497. The lowest BCUT2D eigenvalue weighted by Crippen LogP contribution is -2.48. The van der Waals surface area contributed by atoms with Gasteiger partial charge in [0.2, 0.25) is 0 Å². The zero-order chi connectivity index (χ0) is 13.2. The maximum atomic E-state index is 5.91. The number of nitrogens with two attached hydrogens (primary N) is 1. The average Bonchev–Trinajstić information content (AvgIpc) is 2.83. The van der Waals surface area contributed by atoms with Crippen molar-refractivity contribution in [3.8, 4) is 0 Å². The molecule has 0 bridgehead atoms. The Morgan fingerprint density at radius 3 is 3.00 bits per heavy atom. The maximum absolute atomic E-state index is 5.91. The number of aromatic amines is 1. The highest BCUT2D eigenvalue weighted by atomic mass is 15.2. The summed E-state index contributed by atoms with van der Waals surface area (Å²) in [6.07, 6.45) is 3.76. The second-order valence-corrected chi connectivity index (χ2v) is 5.54. The molecule has 0 aliphatic carbocycles. The number of piperidine rings is 1. The lowest BCUT2D eigenvalue weighted by atomic mass is 9.96. The number of fused-ring (bicyclic) bond motifs is 1. The Hall–Kier alpha value is -1.39. The van der Waals surface area contributed by atoms with E-state index in [0.29, 0.717) is 12.1 Å². The molecule has 3 N–H and O–H groups in total. The van der Waals surface area contributed by atoms with Crippen molar-refractivity contribution >= 4 is 11.0 Å². The Kier molecular flexibility index (Phi) is 3.53. The van der Waals surface area contributed by atoms with Gasteiger partial charge in [0.1, 0.15) is 5.82 Å². The van der Waals surface area contributed by atoms with Crippen molar-refractivity contribution in [3.63, 3.8) is 0 Å². The summed E-state index contributed by atoms with van der Waals surface area (Å²) in [4.78, 5) is 10.6. The number of aromatic nitrogens is 2. The fourth-order valence-corrected chi connectivity index (χ4v) is 3.13. The number of imidazole rings is 1. The predicted molar refractivity (Wildman–Crippen MR) is 77.8 cm³/mol. The van der Waals surface area contributed by atoms with Crippen molar-refractivity contribution in [1.29, 1.82) is 0 Å². The Balaban J connectivity index is 1.82. The van der Waals surface area contributed by atoms with E-state index in [1.165, 1.54) is 19.3 Å². The molecule has 0 radical (unpaired) electrons. The molecular formula is C15H22N4. The molecule has 2 unspecified atom stereocenters. The van der Waals surface area contributed by atoms with Gasteiger partial charge >= 0.3 is 0 Å². The Bertz CT molecular complexity index is 515. The smallest absolute Gasteiger partial charge is 0.121 e. The Morgan fingerprint density at radius 2 is 2.21 bits per heavy atom. The van der Waals surface area contributed by atoms with E-state index in [0.717, 1.165) is 29.9 Å². The molecule has 2 aromatic rings. The molecule has 2 atom stereocenters. The van der Waals surface area contributed by atoms with Crippen molar-refractivity contribution in [2.24, 2.45) is 5.73 Å². The van der Waals surface area contributed by atoms with E-state index in [-0.39, 0.29) is 0 Å². The molecule has 1 fully saturated rings. The lowest BCUT2D eigenvalue weighted by Gasteiger charge is -2.39. The Labute approximate surface area is 114 Å². The quantitative estimate of drug-likeness (QED) is 0.888. The number of benzene rings is 1. The first kappa shape index (κ1) is 12.6. The maximum Gasteiger partial charge on any atom is 0.121 e. The standard InChI is InChI=1S/C15H22N4/c1-11-5-4-6-12(9-16)19(11)10-15-17-13-7-2-3-8-14(13)18-15/h2-3,7-8,11-12H,4-6,9-10,16H2,1H3,(H,17,18). The van der Waals surface area contributed by atoms with Crippen LogP contribution in [0.5, 0.6) is 0 Å². The summed E-state index contributed by atoms with van der Waals surface area (Å²) < 4.78 is 0. The van der Waals surface area contributed by atoms with Crippen molar-refractivity contribution in [1.82, 2.24) is 14.9 Å². The number of nitrogens with one attached hydrogen (secondary N) is 1. The minimum Gasteiger partial charge on any atom is -0.341 e. The number of likely N-dealkylation sites (tertiary alicyclic amines) is 1. The number of hydrogen-bond donors (Lipinski definition) is 2. The highest BCUT2D eigenvalue weighted by Crippen LogP contribution is 2.24. The molecule has 2 heterocycles. The van der Waals surface area contributed by atoms with Gasteiger partial charge in [0, 0.05) is 18.6 Å². The van der Waals surface area contributed by atoms with Gasteiger partial charge in [-0.3, -0.25) is 4.90 Å². The predicted octanol–water partition coefficient (Wildman–Crippen LogP) is 2.26. The first-order chi connectivity index (χ1) is 9.28. The number of nitrogens with zero attached hydrogens (tertiary/aromatic N) is 2. The van der Waals surface area contributed by atoms with Gasteiger partial charge in [0.25, 0.3) is 0 Å². The molecule has 1 aromatic heterocycles. The normalized spacial score (nSPS) is 24.9. The van der Waals surface area contributed by atoms with E-state index < -0.39 is 0 Å². The second-order valence-electron chi connectivity index (χ2n) is 5.54. The van der Waals surface area contributed by atoms with Gasteiger partial charge in [0.05, 0.1) is 17.6 Å². The third kappa shape index (κ3) is 2.51. The van der Waals surface area contributed by atoms with E-state index in [9.17, 15) is 0 Å². The van der Waals surface area contributed by atoms with Gasteiger partial charge in [-0.1, -0.05) is 18.6 Å². The molecule has 0 amide bonds. The van der Waals surface area contributed by atoms with E-state index in [1.54, 1.807) is 0 Å². The molecule has 1 aliphatic heterocycles. The second kappa shape index (κ2) is 5.31. The van der Waals surface area contributed by atoms with Crippen molar-refractivity contribution in [2.75, 3.05) is 6.54 Å². The first-order valence-electron chi connectivity index (χ1n) is 7.17. The molecule has 0 spiro atoms. The zero-order valence-electron chi connectivity index (χ0n) is 11.5. The van der Waals surface area contributed by atoms with Crippen LogP contribution in [0.1, 0.15) is 32.0 Å². The van der Waals surface area contributed by atoms with Gasteiger partial charge in [-0.2, -0.15) is 0 Å². The molecule has 1 aliphatic rings. The highest BCUT2D eigenvalue weighted by molar-refractivity contribution is 5.74. The number of rotatable bonds is 3. The fraction of sp³-hybridized carbons (Fsp3) is 0.533. The van der Waals surface area contributed by atoms with Crippen LogP contribution >= 0.6 is 0 Å². The van der Waals surface area contributed by atoms with Crippen molar-refractivity contribution < 1.29 is 0 Å². The van der Waals surface area contributed by atoms with E-state index in [2.05, 4.69) is 33.9 Å². The molecule has 102 valence electrons. The molecular weight excluding hydrogens is 236 g/mol. The van der Waals surface area contributed by atoms with E-state index in [4.69, 9.17) is 5.73 Å². The number of para-hydroxylation sites is 2. The van der Waals surface area contributed by atoms with Crippen LogP contribution in [0.2, 0.25) is 0 Å². The summed E-state index contributed by atoms with van der Waals surface area (Å²) in [7, 11) is 0. The number of H-pyrrole nitrogens is 1. The van der Waals surface area contributed by atoms with Gasteiger partial charge < -0.3 is 10.7 Å². The number of hydrogen-bond acceptors (Lipinski definition) is 3. The first-order valence-corrected chi connectivity index (χ1v) is 7.17. The van der Waals surface area contributed by atoms with Crippen LogP contribution < -0.4 is 5.73 Å². The van der Waals surface area contributed by atoms with Crippen LogP contribution in [-0.2, 0) is 6.54 Å². The molecule has 4 heteroatoms. The molecule has 1 aromatic carbocycles. The molecule has 1 saturated heterocycles. The summed E-state index contributed by atoms with van der Waals surface area (Å²) in [5.74, 6) is 1.05. The monoisotopic (exact) mass is 258 g/mol. The summed E-state index contributed by atoms with van der Waals surface area (Å²) >= 11 is 0. The molecule has 3 rings (SSSR count). The summed E-state index contributed by atoms with van der Waals surface area (Å²) in [6.45, 7) is 3.91. The van der Waals surface area contributed by atoms with Gasteiger partial charge in [-0.15, -0.1) is 0 Å². The van der Waals surface area contributed by atoms with E-state index >= 15 is 0 Å². The van der Waals surface area contributed by atoms with Crippen LogP contribution in [0.15, 0.2) is 24.3 Å². The third-order valence-corrected chi connectivity index (χ3v) is 4.24. The summed E-state index contributed by atoms with van der Waals surface area (Å²) in [5, 5.41) is 0. The lowest BCUT2D eigenvalue weighted by molar-refractivity contribution is 0.0867. The topological polar surface area (TPSA) is 57.9 Å². The van der Waals surface area contributed by atoms with Crippen LogP contribution in [0.25, 0.3) is 11.0 Å². The van der Waals surface area contributed by atoms with Gasteiger partial charge in [-0.05, 0) is 31.9 Å². The van der Waals surface area contributed by atoms with Gasteiger partial charge in [-0.25, -0.2) is 4.98 Å². The largest absolute Gasteiger partial charge is 0.341 e. The Morgan fingerprint density at radius 1 is 1.37 bits per heavy atom.